The van der Waals surface area contributed by atoms with Gasteiger partial charge < -0.3 is 9.73 Å². The molecule has 1 saturated heterocycles. The van der Waals surface area contributed by atoms with Crippen molar-refractivity contribution in [2.45, 2.75) is 57.0 Å². The van der Waals surface area contributed by atoms with Gasteiger partial charge in [0.05, 0.1) is 13.2 Å². The van der Waals surface area contributed by atoms with Gasteiger partial charge in [-0.15, -0.1) is 0 Å². The maximum absolute atomic E-state index is 12.9. The maximum Gasteiger partial charge on any atom is 0.326 e. The average molecular weight is 398 g/mol. The van der Waals surface area contributed by atoms with Crippen LogP contribution < -0.4 is 5.32 Å². The van der Waals surface area contributed by atoms with E-state index in [1.54, 1.807) is 0 Å². The Hall–Kier alpha value is -1.34. The summed E-state index contributed by atoms with van der Waals surface area (Å²) in [6, 6.07) is 3.44. The largest absolute Gasteiger partial charge is 0.453 e. The normalized spacial score (nSPS) is 21.2. The molecule has 1 aliphatic carbocycles. The number of furan rings is 1. The molecule has 1 aromatic rings. The van der Waals surface area contributed by atoms with Crippen LogP contribution in [0.5, 0.6) is 0 Å². The van der Waals surface area contributed by atoms with Gasteiger partial charge in [0.15, 0.2) is 4.67 Å². The van der Waals surface area contributed by atoms with Crippen LogP contribution in [0.1, 0.15) is 50.7 Å². The number of hydrogen-bond donors (Lipinski definition) is 1. The van der Waals surface area contributed by atoms with Gasteiger partial charge in [0.25, 0.3) is 5.91 Å². The number of nitrogens with zero attached hydrogens (tertiary/aromatic N) is 2. The van der Waals surface area contributed by atoms with E-state index in [0.717, 1.165) is 44.3 Å². The molecule has 7 heteroatoms. The first-order chi connectivity index (χ1) is 11.5. The first-order valence-corrected chi connectivity index (χ1v) is 9.36. The van der Waals surface area contributed by atoms with Gasteiger partial charge in [0.2, 0.25) is 0 Å². The van der Waals surface area contributed by atoms with Crippen molar-refractivity contribution < 1.29 is 14.0 Å². The molecule has 6 nitrogen and oxygen atoms in total. The summed E-state index contributed by atoms with van der Waals surface area (Å²) in [7, 11) is 1.88. The van der Waals surface area contributed by atoms with E-state index < -0.39 is 5.54 Å². The van der Waals surface area contributed by atoms with Gasteiger partial charge in [0, 0.05) is 0 Å². The molecule has 3 amide bonds. The van der Waals surface area contributed by atoms with Crippen molar-refractivity contribution in [1.29, 1.82) is 0 Å². The lowest BCUT2D eigenvalue weighted by Gasteiger charge is -2.29. The molecule has 1 aliphatic heterocycles. The third-order valence-electron chi connectivity index (χ3n) is 4.89. The Morgan fingerprint density at radius 3 is 2.50 bits per heavy atom. The molecule has 1 N–H and O–H groups in total. The summed E-state index contributed by atoms with van der Waals surface area (Å²) in [5, 5.41) is 2.99. The van der Waals surface area contributed by atoms with Crippen LogP contribution in [0.15, 0.2) is 21.2 Å². The zero-order chi connectivity index (χ0) is 17.2. The van der Waals surface area contributed by atoms with Gasteiger partial charge in [0.1, 0.15) is 11.3 Å². The summed E-state index contributed by atoms with van der Waals surface area (Å²) in [6.07, 6.45) is 7.00. The lowest BCUT2D eigenvalue weighted by atomic mass is 9.84. The Balaban J connectivity index is 1.65. The van der Waals surface area contributed by atoms with E-state index in [1.807, 2.05) is 24.1 Å². The third-order valence-corrected chi connectivity index (χ3v) is 5.32. The zero-order valence-electron chi connectivity index (χ0n) is 14.0. The fraction of sp³-hybridized carbons (Fsp3) is 0.647. The Morgan fingerprint density at radius 2 is 1.88 bits per heavy atom. The molecule has 1 spiro atoms. The predicted octanol–water partition coefficient (Wildman–Crippen LogP) is 3.47. The minimum Gasteiger partial charge on any atom is -0.453 e. The molecule has 2 aliphatic rings. The van der Waals surface area contributed by atoms with E-state index in [-0.39, 0.29) is 18.6 Å². The predicted molar refractivity (Wildman–Crippen MR) is 93.2 cm³/mol. The van der Waals surface area contributed by atoms with E-state index in [0.29, 0.717) is 11.2 Å². The van der Waals surface area contributed by atoms with E-state index in [9.17, 15) is 9.59 Å². The van der Waals surface area contributed by atoms with Crippen LogP contribution in [-0.2, 0) is 11.3 Å². The number of imide groups is 1. The molecule has 1 saturated carbocycles. The van der Waals surface area contributed by atoms with E-state index in [4.69, 9.17) is 4.42 Å². The van der Waals surface area contributed by atoms with Gasteiger partial charge in [-0.05, 0) is 48.0 Å². The monoisotopic (exact) mass is 397 g/mol. The van der Waals surface area contributed by atoms with Crippen LogP contribution >= 0.6 is 15.9 Å². The minimum atomic E-state index is -0.675. The minimum absolute atomic E-state index is 0.0677. The standard InChI is InChI=1S/C17H24BrN3O3/c1-20(11-13-7-8-14(18)24-13)12-21-15(22)17(19-16(21)23)9-5-3-2-4-6-10-17/h7-8H,2-6,9-12H2,1H3,(H,19,23). The molecule has 2 heterocycles. The molecule has 0 atom stereocenters. The molecule has 3 rings (SSSR count). The fourth-order valence-corrected chi connectivity index (χ4v) is 3.99. The summed E-state index contributed by atoms with van der Waals surface area (Å²) in [5.41, 5.74) is -0.675. The summed E-state index contributed by atoms with van der Waals surface area (Å²) in [4.78, 5) is 28.6. The zero-order valence-corrected chi connectivity index (χ0v) is 15.6. The molecular weight excluding hydrogens is 374 g/mol. The van der Waals surface area contributed by atoms with Crippen LogP contribution in [0.25, 0.3) is 0 Å². The van der Waals surface area contributed by atoms with Crippen LogP contribution in [-0.4, -0.2) is 41.0 Å². The SMILES string of the molecule is CN(Cc1ccc(Br)o1)CN1C(=O)NC2(CCCCCCC2)C1=O. The fourth-order valence-electron chi connectivity index (χ4n) is 3.65. The molecule has 0 radical (unpaired) electrons. The number of hydrogen-bond acceptors (Lipinski definition) is 4. The lowest BCUT2D eigenvalue weighted by Crippen LogP contribution is -2.48. The Labute approximate surface area is 150 Å². The number of halogens is 1. The highest BCUT2D eigenvalue weighted by Gasteiger charge is 2.50. The number of carbonyl (C=O) groups excluding carboxylic acids is 2. The summed E-state index contributed by atoms with van der Waals surface area (Å²) in [6.45, 7) is 0.806. The average Bonchev–Trinajstić information content (AvgIpc) is 3.00. The number of rotatable bonds is 4. The van der Waals surface area contributed by atoms with Crippen molar-refractivity contribution in [2.24, 2.45) is 0 Å². The molecule has 0 aromatic carbocycles. The van der Waals surface area contributed by atoms with Crippen LogP contribution in [0.4, 0.5) is 4.79 Å². The molecule has 0 unspecified atom stereocenters. The van der Waals surface area contributed by atoms with E-state index in [1.165, 1.54) is 11.3 Å². The topological polar surface area (TPSA) is 65.8 Å². The lowest BCUT2D eigenvalue weighted by molar-refractivity contribution is -0.133. The smallest absolute Gasteiger partial charge is 0.326 e. The molecule has 2 fully saturated rings. The molecule has 24 heavy (non-hydrogen) atoms. The second kappa shape index (κ2) is 7.27. The Kier molecular flexibility index (Phi) is 5.30. The van der Waals surface area contributed by atoms with Crippen LogP contribution in [0.3, 0.4) is 0 Å². The quantitative estimate of drug-likeness (QED) is 0.789. The first-order valence-electron chi connectivity index (χ1n) is 8.57. The second-order valence-corrected chi connectivity index (χ2v) is 7.66. The number of amides is 3. The van der Waals surface area contributed by atoms with Crippen molar-refractivity contribution in [3.8, 4) is 0 Å². The van der Waals surface area contributed by atoms with Crippen molar-refractivity contribution in [1.82, 2.24) is 15.1 Å². The number of carbonyl (C=O) groups is 2. The van der Waals surface area contributed by atoms with E-state index in [2.05, 4.69) is 21.2 Å². The highest BCUT2D eigenvalue weighted by Crippen LogP contribution is 2.32. The summed E-state index contributed by atoms with van der Waals surface area (Å²) in [5.74, 6) is 0.721. The highest BCUT2D eigenvalue weighted by atomic mass is 79.9. The Morgan fingerprint density at radius 1 is 1.21 bits per heavy atom. The molecule has 132 valence electrons. The van der Waals surface area contributed by atoms with Crippen molar-refractivity contribution >= 4 is 27.9 Å². The van der Waals surface area contributed by atoms with Gasteiger partial charge in [-0.1, -0.05) is 32.1 Å². The summed E-state index contributed by atoms with van der Waals surface area (Å²) >= 11 is 3.28. The summed E-state index contributed by atoms with van der Waals surface area (Å²) < 4.78 is 6.16. The maximum atomic E-state index is 12.9. The van der Waals surface area contributed by atoms with Gasteiger partial charge >= 0.3 is 6.03 Å². The third kappa shape index (κ3) is 3.67. The van der Waals surface area contributed by atoms with Crippen LogP contribution in [0.2, 0.25) is 0 Å². The highest BCUT2D eigenvalue weighted by molar-refractivity contribution is 9.10. The molecular formula is C17H24BrN3O3. The number of urea groups is 1. The van der Waals surface area contributed by atoms with Crippen molar-refractivity contribution in [2.75, 3.05) is 13.7 Å². The molecule has 1 aromatic heterocycles. The first kappa shape index (κ1) is 17.5. The number of nitrogens with one attached hydrogen (secondary N) is 1. The van der Waals surface area contributed by atoms with Gasteiger partial charge in [-0.25, -0.2) is 9.69 Å². The van der Waals surface area contributed by atoms with Crippen LogP contribution in [0, 0.1) is 0 Å². The van der Waals surface area contributed by atoms with E-state index >= 15 is 0 Å². The Bertz CT molecular complexity index is 608. The van der Waals surface area contributed by atoms with Gasteiger partial charge in [-0.2, -0.15) is 0 Å². The second-order valence-electron chi connectivity index (χ2n) is 6.87. The van der Waals surface area contributed by atoms with Gasteiger partial charge in [-0.3, -0.25) is 9.69 Å². The van der Waals surface area contributed by atoms with Crippen molar-refractivity contribution in [3.63, 3.8) is 0 Å². The van der Waals surface area contributed by atoms with Crippen molar-refractivity contribution in [3.05, 3.63) is 22.6 Å². The molecule has 0 bridgehead atoms.